The molecule has 2 bridgehead atoms. The van der Waals surface area contributed by atoms with Gasteiger partial charge in [-0.2, -0.15) is 0 Å². The molecule has 3 aliphatic carbocycles. The minimum atomic E-state index is 0.236. The SMILES string of the molecule is O=C(CC1CCCC1)NC1CCN(C(=O)[C@H]2C[C@H]3CC[C@@H]2C3)CC1. The van der Waals surface area contributed by atoms with Gasteiger partial charge in [-0.3, -0.25) is 9.59 Å². The zero-order valence-electron chi connectivity index (χ0n) is 14.8. The van der Waals surface area contributed by atoms with Gasteiger partial charge < -0.3 is 10.2 Å². The minimum absolute atomic E-state index is 0.236. The molecule has 4 rings (SSSR count). The molecule has 2 amide bonds. The predicted octanol–water partition coefficient (Wildman–Crippen LogP) is 3.11. The third kappa shape index (κ3) is 3.48. The van der Waals surface area contributed by atoms with E-state index in [9.17, 15) is 9.59 Å². The molecule has 4 nitrogen and oxygen atoms in total. The summed E-state index contributed by atoms with van der Waals surface area (Å²) in [6, 6.07) is 0.281. The van der Waals surface area contributed by atoms with E-state index in [0.717, 1.165) is 38.3 Å². The summed E-state index contributed by atoms with van der Waals surface area (Å²) in [5, 5.41) is 3.22. The Morgan fingerprint density at radius 3 is 2.29 bits per heavy atom. The van der Waals surface area contributed by atoms with Crippen molar-refractivity contribution in [3.05, 3.63) is 0 Å². The maximum atomic E-state index is 12.8. The van der Waals surface area contributed by atoms with Gasteiger partial charge in [-0.25, -0.2) is 0 Å². The van der Waals surface area contributed by atoms with Crippen LogP contribution in [0.5, 0.6) is 0 Å². The maximum Gasteiger partial charge on any atom is 0.225 e. The van der Waals surface area contributed by atoms with Crippen molar-refractivity contribution < 1.29 is 9.59 Å². The summed E-state index contributed by atoms with van der Waals surface area (Å²) < 4.78 is 0. The molecule has 0 spiro atoms. The molecule has 0 radical (unpaired) electrons. The highest BCUT2D eigenvalue weighted by atomic mass is 16.2. The lowest BCUT2D eigenvalue weighted by molar-refractivity contribution is -0.138. The van der Waals surface area contributed by atoms with Crippen LogP contribution in [0, 0.1) is 23.7 Å². The zero-order valence-corrected chi connectivity index (χ0v) is 14.8. The van der Waals surface area contributed by atoms with E-state index in [-0.39, 0.29) is 11.9 Å². The highest BCUT2D eigenvalue weighted by Crippen LogP contribution is 2.49. The normalized spacial score (nSPS) is 34.0. The standard InChI is InChI=1S/C20H32N2O2/c23-19(13-14-3-1-2-4-14)21-17-7-9-22(10-8-17)20(24)18-12-15-5-6-16(18)11-15/h14-18H,1-13H2,(H,21,23)/t15-,16+,18-/m0/s1. The highest BCUT2D eigenvalue weighted by molar-refractivity contribution is 5.80. The van der Waals surface area contributed by atoms with Crippen LogP contribution in [0.3, 0.4) is 0 Å². The number of nitrogens with one attached hydrogen (secondary N) is 1. The van der Waals surface area contributed by atoms with Crippen LogP contribution in [-0.2, 0) is 9.59 Å². The van der Waals surface area contributed by atoms with Crippen molar-refractivity contribution in [1.82, 2.24) is 10.2 Å². The molecule has 1 N–H and O–H groups in total. The van der Waals surface area contributed by atoms with Crippen molar-refractivity contribution in [2.45, 2.75) is 76.7 Å². The predicted molar refractivity (Wildman–Crippen MR) is 93.3 cm³/mol. The number of carbonyl (C=O) groups is 2. The molecular weight excluding hydrogens is 300 g/mol. The van der Waals surface area contributed by atoms with E-state index >= 15 is 0 Å². The zero-order chi connectivity index (χ0) is 16.5. The fourth-order valence-electron chi connectivity index (χ4n) is 5.79. The number of piperidine rings is 1. The molecule has 4 aliphatic rings. The van der Waals surface area contributed by atoms with Gasteiger partial charge in [0.05, 0.1) is 0 Å². The Balaban J connectivity index is 1.20. The molecule has 4 heteroatoms. The first-order valence-corrected chi connectivity index (χ1v) is 10.3. The summed E-state index contributed by atoms with van der Waals surface area (Å²) in [6.45, 7) is 1.67. The van der Waals surface area contributed by atoms with E-state index in [4.69, 9.17) is 0 Å². The van der Waals surface area contributed by atoms with Gasteiger partial charge in [0.15, 0.2) is 0 Å². The van der Waals surface area contributed by atoms with Crippen LogP contribution < -0.4 is 5.32 Å². The minimum Gasteiger partial charge on any atom is -0.353 e. The fourth-order valence-corrected chi connectivity index (χ4v) is 5.79. The number of hydrogen-bond acceptors (Lipinski definition) is 2. The summed E-state index contributed by atoms with van der Waals surface area (Å²) in [4.78, 5) is 27.1. The Morgan fingerprint density at radius 2 is 1.67 bits per heavy atom. The second-order valence-corrected chi connectivity index (χ2v) is 8.80. The molecule has 3 atom stereocenters. The largest absolute Gasteiger partial charge is 0.353 e. The molecule has 0 aromatic rings. The first-order chi connectivity index (χ1) is 11.7. The van der Waals surface area contributed by atoms with Crippen LogP contribution in [0.4, 0.5) is 0 Å². The molecule has 1 saturated heterocycles. The molecule has 0 aromatic heterocycles. The summed E-state index contributed by atoms with van der Waals surface area (Å²) in [6.07, 6.45) is 12.7. The Hall–Kier alpha value is -1.06. The molecule has 24 heavy (non-hydrogen) atoms. The lowest BCUT2D eigenvalue weighted by Gasteiger charge is -2.35. The topological polar surface area (TPSA) is 49.4 Å². The number of carbonyl (C=O) groups excluding carboxylic acids is 2. The van der Waals surface area contributed by atoms with Crippen LogP contribution in [0.25, 0.3) is 0 Å². The smallest absolute Gasteiger partial charge is 0.225 e. The summed E-state index contributed by atoms with van der Waals surface area (Å²) >= 11 is 0. The van der Waals surface area contributed by atoms with Crippen molar-refractivity contribution in [2.24, 2.45) is 23.7 Å². The van der Waals surface area contributed by atoms with Crippen molar-refractivity contribution in [1.29, 1.82) is 0 Å². The summed E-state index contributed by atoms with van der Waals surface area (Å²) in [5.41, 5.74) is 0. The third-order valence-electron chi connectivity index (χ3n) is 7.18. The Kier molecular flexibility index (Phi) is 4.82. The second kappa shape index (κ2) is 7.05. The third-order valence-corrected chi connectivity index (χ3v) is 7.18. The number of hydrogen-bond donors (Lipinski definition) is 1. The average Bonchev–Trinajstić information content (AvgIpc) is 3.32. The number of amides is 2. The lowest BCUT2D eigenvalue weighted by Crippen LogP contribution is -2.48. The van der Waals surface area contributed by atoms with E-state index in [0.29, 0.717) is 30.1 Å². The van der Waals surface area contributed by atoms with E-state index < -0.39 is 0 Å². The van der Waals surface area contributed by atoms with Gasteiger partial charge >= 0.3 is 0 Å². The second-order valence-electron chi connectivity index (χ2n) is 8.80. The fraction of sp³-hybridized carbons (Fsp3) is 0.900. The van der Waals surface area contributed by atoms with Crippen molar-refractivity contribution in [3.63, 3.8) is 0 Å². The highest BCUT2D eigenvalue weighted by Gasteiger charge is 2.44. The first-order valence-electron chi connectivity index (χ1n) is 10.3. The van der Waals surface area contributed by atoms with E-state index in [1.165, 1.54) is 44.9 Å². The molecular formula is C20H32N2O2. The Bertz CT molecular complexity index is 478. The van der Waals surface area contributed by atoms with Crippen LogP contribution in [0.2, 0.25) is 0 Å². The van der Waals surface area contributed by atoms with Gasteiger partial charge in [0.1, 0.15) is 0 Å². The number of rotatable bonds is 4. The van der Waals surface area contributed by atoms with Gasteiger partial charge in [0.2, 0.25) is 11.8 Å². The van der Waals surface area contributed by atoms with Crippen LogP contribution in [0.1, 0.15) is 70.6 Å². The van der Waals surface area contributed by atoms with Crippen LogP contribution in [0.15, 0.2) is 0 Å². The molecule has 1 aliphatic heterocycles. The quantitative estimate of drug-likeness (QED) is 0.860. The monoisotopic (exact) mass is 332 g/mol. The number of likely N-dealkylation sites (tertiary alicyclic amines) is 1. The van der Waals surface area contributed by atoms with E-state index in [1.807, 2.05) is 0 Å². The molecule has 0 aromatic carbocycles. The number of nitrogens with zero attached hydrogens (tertiary/aromatic N) is 1. The molecule has 134 valence electrons. The first kappa shape index (κ1) is 16.4. The summed E-state index contributed by atoms with van der Waals surface area (Å²) in [5.74, 6) is 3.09. The Morgan fingerprint density at radius 1 is 0.917 bits per heavy atom. The molecule has 1 heterocycles. The Labute approximate surface area is 145 Å². The van der Waals surface area contributed by atoms with Crippen molar-refractivity contribution in [2.75, 3.05) is 13.1 Å². The van der Waals surface area contributed by atoms with Crippen molar-refractivity contribution in [3.8, 4) is 0 Å². The van der Waals surface area contributed by atoms with Gasteiger partial charge in [-0.05, 0) is 62.7 Å². The van der Waals surface area contributed by atoms with Crippen LogP contribution >= 0.6 is 0 Å². The van der Waals surface area contributed by atoms with Gasteiger partial charge in [0.25, 0.3) is 0 Å². The van der Waals surface area contributed by atoms with Gasteiger partial charge in [-0.15, -0.1) is 0 Å². The van der Waals surface area contributed by atoms with Gasteiger partial charge in [0, 0.05) is 31.5 Å². The van der Waals surface area contributed by atoms with Crippen LogP contribution in [-0.4, -0.2) is 35.8 Å². The molecule has 4 fully saturated rings. The van der Waals surface area contributed by atoms with E-state index in [1.54, 1.807) is 0 Å². The maximum absolute atomic E-state index is 12.8. The molecule has 3 saturated carbocycles. The average molecular weight is 332 g/mol. The summed E-state index contributed by atoms with van der Waals surface area (Å²) in [7, 11) is 0. The van der Waals surface area contributed by atoms with E-state index in [2.05, 4.69) is 10.2 Å². The van der Waals surface area contributed by atoms with Gasteiger partial charge in [-0.1, -0.05) is 19.3 Å². The molecule has 0 unspecified atom stereocenters. The van der Waals surface area contributed by atoms with Crippen molar-refractivity contribution >= 4 is 11.8 Å². The lowest BCUT2D eigenvalue weighted by atomic mass is 9.87. The number of fused-ring (bicyclic) bond motifs is 2.